The maximum atomic E-state index is 14.5. The molecule has 2 aromatic rings. The summed E-state index contributed by atoms with van der Waals surface area (Å²) in [5.41, 5.74) is -4.29. The van der Waals surface area contributed by atoms with Crippen LogP contribution in [0.4, 0.5) is 4.79 Å². The van der Waals surface area contributed by atoms with E-state index in [4.69, 9.17) is 18.4 Å². The molecule has 1 aliphatic heterocycles. The molecule has 16 nitrogen and oxygen atoms in total. The number of methoxy groups -OCH3 is 1. The van der Waals surface area contributed by atoms with Gasteiger partial charge in [-0.15, -0.1) is 0 Å². The highest BCUT2D eigenvalue weighted by Gasteiger charge is 2.62. The Balaban J connectivity index is 1.45. The van der Waals surface area contributed by atoms with Gasteiger partial charge in [0.25, 0.3) is 5.91 Å². The molecule has 54 heavy (non-hydrogen) atoms. The van der Waals surface area contributed by atoms with Crippen molar-refractivity contribution in [3.63, 3.8) is 0 Å². The summed E-state index contributed by atoms with van der Waals surface area (Å²) in [7, 11) is -2.97. The van der Waals surface area contributed by atoms with Crippen LogP contribution in [0.25, 0.3) is 10.8 Å². The van der Waals surface area contributed by atoms with E-state index in [1.807, 2.05) is 16.9 Å². The summed E-state index contributed by atoms with van der Waals surface area (Å²) in [6.45, 7) is 11.9. The lowest BCUT2D eigenvalue weighted by Gasteiger charge is -2.36. The summed E-state index contributed by atoms with van der Waals surface area (Å²) in [4.78, 5) is 61.3. The van der Waals surface area contributed by atoms with E-state index in [9.17, 15) is 32.9 Å². The minimum Gasteiger partial charge on any atom is -0.497 e. The molecule has 3 N–H and O–H groups in total. The number of pyridine rings is 1. The second-order valence-electron chi connectivity index (χ2n) is 16.6. The van der Waals surface area contributed by atoms with Crippen LogP contribution in [0, 0.1) is 22.7 Å². The van der Waals surface area contributed by atoms with Gasteiger partial charge in [0.1, 0.15) is 35.1 Å². The minimum absolute atomic E-state index is 0.0323. The maximum absolute atomic E-state index is 14.5. The van der Waals surface area contributed by atoms with Crippen LogP contribution in [0.5, 0.6) is 11.6 Å². The largest absolute Gasteiger partial charge is 0.497 e. The minimum atomic E-state index is -4.53. The molecule has 3 aliphatic rings. The standard InChI is InChI=1S/C37H50N6O10S/c1-34(2,3)28(40-33(47)52-35(4,5)6)31(45)43-21-25(51-30-26-12-11-24(50-8)18-22(26)13-17-39-30)19-27(43)29(44)41-37(20-23(37)10-9-16-38)32(46)42-54(48,49)53-36(7)14-15-36/h11-13,17-18,23,25,27-28H,9-10,14-15,19-21H2,1-8H3,(H,40,47)(H,41,44)(H,42,46)/t23-,25-,27+,28-,37-/m1/s1. The first kappa shape index (κ1) is 40.5. The second kappa shape index (κ2) is 14.9. The van der Waals surface area contributed by atoms with Gasteiger partial charge in [-0.1, -0.05) is 20.8 Å². The molecule has 2 aliphatic carbocycles. The number of aromatic nitrogens is 1. The molecule has 3 fully saturated rings. The summed E-state index contributed by atoms with van der Waals surface area (Å²) in [5.74, 6) is -2.00. The lowest BCUT2D eigenvalue weighted by Crippen LogP contribution is -2.60. The first-order valence-electron chi connectivity index (χ1n) is 17.9. The Hall–Kier alpha value is -4.69. The number of hydrogen-bond acceptors (Lipinski definition) is 12. The van der Waals surface area contributed by atoms with Crippen molar-refractivity contribution < 1.29 is 46.0 Å². The number of carbonyl (C=O) groups excluding carboxylic acids is 4. The molecule has 0 radical (unpaired) electrons. The number of carbonyl (C=O) groups is 4. The number of likely N-dealkylation sites (tertiary alicyclic amines) is 1. The molecule has 5 atom stereocenters. The lowest BCUT2D eigenvalue weighted by molar-refractivity contribution is -0.143. The molecule has 17 heteroatoms. The number of nitrogens with zero attached hydrogens (tertiary/aromatic N) is 3. The van der Waals surface area contributed by atoms with Gasteiger partial charge in [0.2, 0.25) is 17.7 Å². The monoisotopic (exact) mass is 770 g/mol. The van der Waals surface area contributed by atoms with Gasteiger partial charge in [-0.05, 0) is 94.4 Å². The van der Waals surface area contributed by atoms with E-state index in [1.165, 1.54) is 4.90 Å². The van der Waals surface area contributed by atoms with Gasteiger partial charge in [0, 0.05) is 24.4 Å². The molecule has 1 aromatic heterocycles. The van der Waals surface area contributed by atoms with Gasteiger partial charge in [0.05, 0.1) is 25.3 Å². The number of ether oxygens (including phenoxy) is 3. The number of amides is 4. The zero-order chi connectivity index (χ0) is 39.9. The van der Waals surface area contributed by atoms with Crippen LogP contribution < -0.4 is 24.8 Å². The molecule has 5 rings (SSSR count). The van der Waals surface area contributed by atoms with Crippen LogP contribution in [0.15, 0.2) is 30.5 Å². The molecule has 1 saturated heterocycles. The zero-order valence-electron chi connectivity index (χ0n) is 32.0. The van der Waals surface area contributed by atoms with E-state index in [-0.39, 0.29) is 38.1 Å². The SMILES string of the molecule is COc1ccc2c(O[C@@H]3C[C@@H](C(=O)N[C@]4(C(=O)NS(=O)(=O)OC5(C)CC5)C[C@H]4CCC#N)N(C(=O)[C@@H](NC(=O)OC(C)(C)C)C(C)(C)C)C3)nccc2c1. The smallest absolute Gasteiger partial charge is 0.408 e. The first-order valence-corrected chi connectivity index (χ1v) is 19.4. The van der Waals surface area contributed by atoms with Crippen molar-refractivity contribution >= 4 is 44.9 Å². The Bertz CT molecular complexity index is 1950. The molecule has 2 heterocycles. The van der Waals surface area contributed by atoms with E-state index >= 15 is 0 Å². The predicted octanol–water partition coefficient (Wildman–Crippen LogP) is 3.64. The maximum Gasteiger partial charge on any atom is 0.408 e. The normalized spacial score (nSPS) is 23.8. The number of fused-ring (bicyclic) bond motifs is 1. The van der Waals surface area contributed by atoms with Gasteiger partial charge < -0.3 is 29.7 Å². The fraction of sp³-hybridized carbons (Fsp3) is 0.622. The Morgan fingerprint density at radius 3 is 2.43 bits per heavy atom. The highest BCUT2D eigenvalue weighted by atomic mass is 32.2. The summed E-state index contributed by atoms with van der Waals surface area (Å²) in [5, 5.41) is 16.1. The highest BCUT2D eigenvalue weighted by Crippen LogP contribution is 2.48. The number of hydrogen-bond donors (Lipinski definition) is 3. The van der Waals surface area contributed by atoms with E-state index in [2.05, 4.69) is 15.6 Å². The fourth-order valence-electron chi connectivity index (χ4n) is 6.58. The zero-order valence-corrected chi connectivity index (χ0v) is 32.8. The van der Waals surface area contributed by atoms with Crippen LogP contribution >= 0.6 is 0 Å². The molecular weight excluding hydrogens is 721 g/mol. The third kappa shape index (κ3) is 9.51. The number of benzene rings is 1. The highest BCUT2D eigenvalue weighted by molar-refractivity contribution is 7.85. The third-order valence-corrected chi connectivity index (χ3v) is 10.8. The molecule has 294 valence electrons. The molecule has 0 spiro atoms. The third-order valence-electron chi connectivity index (χ3n) is 9.78. The van der Waals surface area contributed by atoms with Crippen LogP contribution in [-0.4, -0.2) is 90.7 Å². The molecule has 0 bridgehead atoms. The summed E-state index contributed by atoms with van der Waals surface area (Å²) in [6.07, 6.45) is 1.30. The van der Waals surface area contributed by atoms with Crippen molar-refractivity contribution in [3.8, 4) is 17.7 Å². The van der Waals surface area contributed by atoms with Gasteiger partial charge in [-0.3, -0.25) is 14.4 Å². The number of alkyl carbamates (subject to hydrolysis) is 1. The van der Waals surface area contributed by atoms with E-state index in [1.54, 1.807) is 80.0 Å². The first-order chi connectivity index (χ1) is 25.1. The Morgan fingerprint density at radius 1 is 1.11 bits per heavy atom. The van der Waals surface area contributed by atoms with Crippen molar-refractivity contribution in [1.29, 1.82) is 5.26 Å². The number of nitrogens with one attached hydrogen (secondary N) is 3. The van der Waals surface area contributed by atoms with Gasteiger partial charge in [-0.25, -0.2) is 18.7 Å². The van der Waals surface area contributed by atoms with Crippen molar-refractivity contribution in [2.75, 3.05) is 13.7 Å². The molecule has 0 unspecified atom stereocenters. The van der Waals surface area contributed by atoms with Crippen LogP contribution in [0.3, 0.4) is 0 Å². The van der Waals surface area contributed by atoms with E-state index < -0.39 is 80.4 Å². The van der Waals surface area contributed by atoms with Crippen LogP contribution in [-0.2, 0) is 33.6 Å². The second-order valence-corrected chi connectivity index (χ2v) is 17.9. The Labute approximate surface area is 315 Å². The average molecular weight is 771 g/mol. The van der Waals surface area contributed by atoms with E-state index in [0.29, 0.717) is 24.0 Å². The van der Waals surface area contributed by atoms with Crippen LogP contribution in [0.1, 0.15) is 87.0 Å². The number of nitriles is 1. The summed E-state index contributed by atoms with van der Waals surface area (Å²) < 4.78 is 50.0. The van der Waals surface area contributed by atoms with Crippen molar-refractivity contribution in [2.45, 2.75) is 122 Å². The van der Waals surface area contributed by atoms with Gasteiger partial charge in [-0.2, -0.15) is 13.7 Å². The molecule has 1 aromatic carbocycles. The fourth-order valence-corrected chi connectivity index (χ4v) is 7.73. The van der Waals surface area contributed by atoms with Crippen LogP contribution in [0.2, 0.25) is 0 Å². The predicted molar refractivity (Wildman–Crippen MR) is 195 cm³/mol. The van der Waals surface area contributed by atoms with Crippen molar-refractivity contribution in [3.05, 3.63) is 30.5 Å². The van der Waals surface area contributed by atoms with E-state index in [0.717, 1.165) is 5.39 Å². The Kier molecular flexibility index (Phi) is 11.1. The Morgan fingerprint density at radius 2 is 1.81 bits per heavy atom. The molecular formula is C37H50N6O10S. The lowest BCUT2D eigenvalue weighted by atomic mass is 9.85. The molecule has 4 amide bonds. The average Bonchev–Trinajstić information content (AvgIpc) is 3.92. The quantitative estimate of drug-likeness (QED) is 0.266. The molecule has 2 saturated carbocycles. The summed E-state index contributed by atoms with van der Waals surface area (Å²) >= 11 is 0. The number of rotatable bonds is 13. The topological polar surface area (TPSA) is 215 Å². The van der Waals surface area contributed by atoms with Crippen molar-refractivity contribution in [1.82, 2.24) is 25.2 Å². The van der Waals surface area contributed by atoms with Gasteiger partial charge >= 0.3 is 16.4 Å². The van der Waals surface area contributed by atoms with Gasteiger partial charge in [0.15, 0.2) is 0 Å². The summed E-state index contributed by atoms with van der Waals surface area (Å²) in [6, 6.07) is 6.81. The van der Waals surface area contributed by atoms with Crippen molar-refractivity contribution in [2.24, 2.45) is 11.3 Å².